The van der Waals surface area contributed by atoms with Crippen molar-refractivity contribution in [2.45, 2.75) is 37.3 Å². The summed E-state index contributed by atoms with van der Waals surface area (Å²) in [7, 11) is 0. The molecule has 1 aliphatic heterocycles. The molecule has 2 fully saturated rings. The summed E-state index contributed by atoms with van der Waals surface area (Å²) in [5.41, 5.74) is -0.368. The van der Waals surface area contributed by atoms with Gasteiger partial charge in [-0.3, -0.25) is 14.7 Å². The standard InChI is InChI=1S/C12H16N4O2/c17-9-7-15-14-6-8(9)11(18)16-12-3-1-2-10(12)13-5-4-12/h6-7,10,13H,1-5H2,(H,14,17)(H,16,18). The number of aromatic amines is 1. The Morgan fingerprint density at radius 3 is 3.22 bits per heavy atom. The topological polar surface area (TPSA) is 86.9 Å². The lowest BCUT2D eigenvalue weighted by Crippen LogP contribution is -2.53. The van der Waals surface area contributed by atoms with Gasteiger partial charge in [-0.2, -0.15) is 5.10 Å². The Balaban J connectivity index is 1.83. The van der Waals surface area contributed by atoms with Gasteiger partial charge in [0.2, 0.25) is 5.43 Å². The molecule has 18 heavy (non-hydrogen) atoms. The number of amides is 1. The highest BCUT2D eigenvalue weighted by molar-refractivity contribution is 5.94. The van der Waals surface area contributed by atoms with Crippen LogP contribution in [-0.4, -0.2) is 34.2 Å². The molecular formula is C12H16N4O2. The lowest BCUT2D eigenvalue weighted by atomic mass is 9.93. The Morgan fingerprint density at radius 1 is 1.50 bits per heavy atom. The fourth-order valence-corrected chi connectivity index (χ4v) is 3.16. The van der Waals surface area contributed by atoms with Gasteiger partial charge in [-0.1, -0.05) is 0 Å². The highest BCUT2D eigenvalue weighted by atomic mass is 16.2. The first kappa shape index (κ1) is 11.4. The second kappa shape index (κ2) is 4.20. The molecule has 1 amide bonds. The van der Waals surface area contributed by atoms with Gasteiger partial charge in [0.1, 0.15) is 5.56 Å². The van der Waals surface area contributed by atoms with E-state index in [0.29, 0.717) is 6.04 Å². The molecule has 1 saturated carbocycles. The first-order chi connectivity index (χ1) is 8.71. The van der Waals surface area contributed by atoms with Crippen LogP contribution in [0.15, 0.2) is 17.2 Å². The molecule has 1 aliphatic carbocycles. The van der Waals surface area contributed by atoms with Crippen molar-refractivity contribution in [1.82, 2.24) is 20.8 Å². The van der Waals surface area contributed by atoms with E-state index in [0.717, 1.165) is 38.4 Å². The van der Waals surface area contributed by atoms with Crippen molar-refractivity contribution in [2.24, 2.45) is 0 Å². The van der Waals surface area contributed by atoms with Crippen LogP contribution in [0.2, 0.25) is 0 Å². The van der Waals surface area contributed by atoms with E-state index in [4.69, 9.17) is 0 Å². The predicted octanol–water partition coefficient (Wildman–Crippen LogP) is -0.216. The van der Waals surface area contributed by atoms with Crippen molar-refractivity contribution in [2.75, 3.05) is 6.54 Å². The van der Waals surface area contributed by atoms with Crippen LogP contribution in [0.25, 0.3) is 0 Å². The summed E-state index contributed by atoms with van der Waals surface area (Å²) >= 11 is 0. The molecule has 0 bridgehead atoms. The highest BCUT2D eigenvalue weighted by Gasteiger charge is 2.47. The second-order valence-electron chi connectivity index (χ2n) is 5.07. The zero-order chi connectivity index (χ0) is 12.6. The minimum absolute atomic E-state index is 0.136. The van der Waals surface area contributed by atoms with Gasteiger partial charge < -0.3 is 10.6 Å². The number of fused-ring (bicyclic) bond motifs is 1. The lowest BCUT2D eigenvalue weighted by molar-refractivity contribution is 0.0896. The molecule has 1 saturated heterocycles. The van der Waals surface area contributed by atoms with E-state index in [1.54, 1.807) is 0 Å². The Hall–Kier alpha value is -1.69. The normalized spacial score (nSPS) is 30.1. The number of nitrogens with zero attached hydrogens (tertiary/aromatic N) is 1. The van der Waals surface area contributed by atoms with E-state index in [2.05, 4.69) is 20.8 Å². The van der Waals surface area contributed by atoms with Crippen LogP contribution in [0.1, 0.15) is 36.0 Å². The number of H-pyrrole nitrogens is 1. The average Bonchev–Trinajstić information content (AvgIpc) is 2.88. The maximum Gasteiger partial charge on any atom is 0.257 e. The number of carbonyl (C=O) groups excluding carboxylic acids is 1. The van der Waals surface area contributed by atoms with Gasteiger partial charge in [-0.15, -0.1) is 0 Å². The Morgan fingerprint density at radius 2 is 2.39 bits per heavy atom. The fraction of sp³-hybridized carbons (Fsp3) is 0.583. The number of rotatable bonds is 2. The molecule has 2 aliphatic rings. The van der Waals surface area contributed by atoms with E-state index in [9.17, 15) is 9.59 Å². The van der Waals surface area contributed by atoms with Gasteiger partial charge in [0, 0.05) is 12.2 Å². The Labute approximate surface area is 104 Å². The zero-order valence-electron chi connectivity index (χ0n) is 10.0. The molecule has 3 rings (SSSR count). The molecule has 6 nitrogen and oxygen atoms in total. The summed E-state index contributed by atoms with van der Waals surface area (Å²) in [6.45, 7) is 0.928. The molecule has 2 atom stereocenters. The summed E-state index contributed by atoms with van der Waals surface area (Å²) < 4.78 is 0. The Bertz CT molecular complexity index is 515. The van der Waals surface area contributed by atoms with E-state index >= 15 is 0 Å². The monoisotopic (exact) mass is 248 g/mol. The fourth-order valence-electron chi connectivity index (χ4n) is 3.16. The number of hydrogen-bond donors (Lipinski definition) is 3. The van der Waals surface area contributed by atoms with Crippen LogP contribution in [0, 0.1) is 0 Å². The quantitative estimate of drug-likeness (QED) is 0.675. The molecule has 3 N–H and O–H groups in total. The van der Waals surface area contributed by atoms with Crippen LogP contribution in [0.5, 0.6) is 0 Å². The van der Waals surface area contributed by atoms with Crippen molar-refractivity contribution in [1.29, 1.82) is 0 Å². The van der Waals surface area contributed by atoms with Crippen molar-refractivity contribution in [3.05, 3.63) is 28.2 Å². The summed E-state index contributed by atoms with van der Waals surface area (Å²) in [5.74, 6) is -0.297. The van der Waals surface area contributed by atoms with Crippen molar-refractivity contribution >= 4 is 5.91 Å². The van der Waals surface area contributed by atoms with E-state index < -0.39 is 0 Å². The molecule has 2 unspecified atom stereocenters. The molecule has 1 aromatic rings. The van der Waals surface area contributed by atoms with Gasteiger partial charge >= 0.3 is 0 Å². The maximum atomic E-state index is 12.2. The van der Waals surface area contributed by atoms with E-state index in [-0.39, 0.29) is 22.4 Å². The third-order valence-electron chi connectivity index (χ3n) is 4.08. The molecule has 0 aromatic carbocycles. The van der Waals surface area contributed by atoms with Crippen LogP contribution in [0.3, 0.4) is 0 Å². The van der Waals surface area contributed by atoms with Crippen LogP contribution >= 0.6 is 0 Å². The summed E-state index contributed by atoms with van der Waals surface area (Å²) in [6.07, 6.45) is 6.62. The minimum Gasteiger partial charge on any atom is -0.345 e. The molecule has 0 spiro atoms. The first-order valence-corrected chi connectivity index (χ1v) is 6.30. The van der Waals surface area contributed by atoms with Crippen LogP contribution in [-0.2, 0) is 0 Å². The van der Waals surface area contributed by atoms with Gasteiger partial charge in [0.15, 0.2) is 0 Å². The molecule has 6 heteroatoms. The molecular weight excluding hydrogens is 232 g/mol. The molecule has 0 radical (unpaired) electrons. The van der Waals surface area contributed by atoms with Gasteiger partial charge in [0.05, 0.1) is 11.7 Å². The van der Waals surface area contributed by atoms with Crippen molar-refractivity contribution < 1.29 is 4.79 Å². The summed E-state index contributed by atoms with van der Waals surface area (Å²) in [5, 5.41) is 12.6. The van der Waals surface area contributed by atoms with E-state index in [1.165, 1.54) is 6.20 Å². The van der Waals surface area contributed by atoms with Crippen LogP contribution < -0.4 is 16.1 Å². The zero-order valence-corrected chi connectivity index (χ0v) is 10.0. The lowest BCUT2D eigenvalue weighted by Gasteiger charge is -2.30. The SMILES string of the molecule is O=C(NC12CCCC1NCC2)c1c[nH]ncc1=O. The first-order valence-electron chi connectivity index (χ1n) is 6.30. The molecule has 96 valence electrons. The van der Waals surface area contributed by atoms with Crippen molar-refractivity contribution in [3.8, 4) is 0 Å². The number of nitrogens with one attached hydrogen (secondary N) is 3. The highest BCUT2D eigenvalue weighted by Crippen LogP contribution is 2.36. The van der Waals surface area contributed by atoms with Gasteiger partial charge in [-0.25, -0.2) is 0 Å². The smallest absolute Gasteiger partial charge is 0.257 e. The third kappa shape index (κ3) is 1.73. The number of carbonyl (C=O) groups is 1. The van der Waals surface area contributed by atoms with E-state index in [1.807, 2.05) is 0 Å². The number of hydrogen-bond acceptors (Lipinski definition) is 4. The average molecular weight is 248 g/mol. The number of aromatic nitrogens is 2. The minimum atomic E-state index is -0.344. The summed E-state index contributed by atoms with van der Waals surface area (Å²) in [4.78, 5) is 23.7. The second-order valence-corrected chi connectivity index (χ2v) is 5.07. The largest absolute Gasteiger partial charge is 0.345 e. The van der Waals surface area contributed by atoms with Crippen LogP contribution in [0.4, 0.5) is 0 Å². The van der Waals surface area contributed by atoms with Crippen molar-refractivity contribution in [3.63, 3.8) is 0 Å². The van der Waals surface area contributed by atoms with Gasteiger partial charge in [0.25, 0.3) is 5.91 Å². The van der Waals surface area contributed by atoms with Gasteiger partial charge in [-0.05, 0) is 32.2 Å². The molecule has 2 heterocycles. The molecule has 1 aromatic heterocycles. The predicted molar refractivity (Wildman–Crippen MR) is 65.3 cm³/mol. The third-order valence-corrected chi connectivity index (χ3v) is 4.08. The summed E-state index contributed by atoms with van der Waals surface area (Å²) in [6, 6.07) is 0.349. The Kier molecular flexibility index (Phi) is 2.66. The maximum absolute atomic E-state index is 12.2.